The zero-order valence-electron chi connectivity index (χ0n) is 29.7. The molecule has 5 atom stereocenters. The summed E-state index contributed by atoms with van der Waals surface area (Å²) in [5.74, 6) is -5.14. The number of rotatable bonds is 13. The Morgan fingerprint density at radius 1 is 0.717 bits per heavy atom. The van der Waals surface area contributed by atoms with Gasteiger partial charge in [-0.1, -0.05) is 0 Å². The van der Waals surface area contributed by atoms with Crippen molar-refractivity contribution in [3.63, 3.8) is 0 Å². The van der Waals surface area contributed by atoms with E-state index < -0.39 is 78.6 Å². The lowest BCUT2D eigenvalue weighted by molar-refractivity contribution is -0.180. The van der Waals surface area contributed by atoms with Crippen molar-refractivity contribution < 1.29 is 75.9 Å². The first-order valence-electron chi connectivity index (χ1n) is 16.0. The lowest BCUT2D eigenvalue weighted by atomic mass is 10.0. The third kappa shape index (κ3) is 10.5. The Hall–Kier alpha value is -6.10. The number of hydrogen-bond acceptors (Lipinski definition) is 17. The molecule has 0 bridgehead atoms. The monoisotopic (exact) mass is 740 g/mol. The van der Waals surface area contributed by atoms with E-state index in [9.17, 15) is 38.4 Å². The second kappa shape index (κ2) is 16.9. The molecule has 1 aliphatic rings. The number of benzene rings is 2. The molecule has 1 fully saturated rings. The van der Waals surface area contributed by atoms with Crippen LogP contribution in [0.15, 0.2) is 45.6 Å². The van der Waals surface area contributed by atoms with Gasteiger partial charge in [-0.2, -0.15) is 0 Å². The van der Waals surface area contributed by atoms with Crippen LogP contribution < -0.4 is 19.6 Å². The first-order valence-corrected chi connectivity index (χ1v) is 16.0. The van der Waals surface area contributed by atoms with E-state index in [0.717, 1.165) is 47.6 Å². The Bertz CT molecular complexity index is 2010. The number of carbonyl (C=O) groups excluding carboxylic acids is 7. The van der Waals surface area contributed by atoms with E-state index in [0.29, 0.717) is 0 Å². The maximum Gasteiger partial charge on any atom is 0.308 e. The van der Waals surface area contributed by atoms with Gasteiger partial charge in [0.15, 0.2) is 29.1 Å². The SMILES string of the molecule is CC(=O)Cc1cc(OC2OC(C(COC(C)=O)OC(C)=O)C(OC(C)=O)C2OC(C)=O)cc2oc(-c3ccc(OC(C)=O)c(OC(C)=O)c3)cc(=O)c12. The molecule has 0 aliphatic carbocycles. The third-order valence-corrected chi connectivity index (χ3v) is 7.26. The molecule has 17 heteroatoms. The van der Waals surface area contributed by atoms with Crippen LogP contribution >= 0.6 is 0 Å². The van der Waals surface area contributed by atoms with Gasteiger partial charge in [0.1, 0.15) is 35.6 Å². The summed E-state index contributed by atoms with van der Waals surface area (Å²) >= 11 is 0. The van der Waals surface area contributed by atoms with E-state index in [1.165, 1.54) is 37.3 Å². The minimum absolute atomic E-state index is 0.0178. The summed E-state index contributed by atoms with van der Waals surface area (Å²) in [6, 6.07) is 7.95. The van der Waals surface area contributed by atoms with E-state index >= 15 is 0 Å². The van der Waals surface area contributed by atoms with Gasteiger partial charge in [-0.25, -0.2) is 0 Å². The topological polar surface area (TPSA) is 224 Å². The Kier molecular flexibility index (Phi) is 12.7. The fraction of sp³-hybridized carbons (Fsp3) is 0.389. The normalized spacial score (nSPS) is 18.3. The standard InChI is InChI=1S/C36H36O17/c1-16(37)10-24-11-25(13-30-32(24)26(44)14-28(52-30)23-8-9-27(46-18(3)39)29(12-23)47-19(4)40)51-36-35(50-22(7)43)34(49-21(6)42)33(53-36)31(48-20(5)41)15-45-17(2)38/h8-9,11-14,31,33-36H,10,15H2,1-7H3. The number of Topliss-reactive ketones (excluding diaryl/α,β-unsaturated/α-hetero) is 1. The van der Waals surface area contributed by atoms with E-state index in [2.05, 4.69) is 0 Å². The molecule has 2 aromatic carbocycles. The van der Waals surface area contributed by atoms with Crippen LogP contribution in [0.25, 0.3) is 22.3 Å². The van der Waals surface area contributed by atoms with Gasteiger partial charge in [-0.15, -0.1) is 0 Å². The van der Waals surface area contributed by atoms with Crippen molar-refractivity contribution in [2.24, 2.45) is 0 Å². The molecule has 1 saturated heterocycles. The molecular weight excluding hydrogens is 704 g/mol. The van der Waals surface area contributed by atoms with Gasteiger partial charge in [-0.3, -0.25) is 38.4 Å². The van der Waals surface area contributed by atoms with E-state index in [1.54, 1.807) is 0 Å². The second-order valence-electron chi connectivity index (χ2n) is 11.8. The Labute approximate surface area is 301 Å². The maximum atomic E-state index is 13.6. The van der Waals surface area contributed by atoms with Crippen molar-refractivity contribution in [1.82, 2.24) is 0 Å². The summed E-state index contributed by atoms with van der Waals surface area (Å²) in [6.07, 6.45) is -7.47. The second-order valence-corrected chi connectivity index (χ2v) is 11.8. The Morgan fingerprint density at radius 2 is 1.36 bits per heavy atom. The number of ether oxygens (including phenoxy) is 8. The van der Waals surface area contributed by atoms with Crippen molar-refractivity contribution in [1.29, 1.82) is 0 Å². The van der Waals surface area contributed by atoms with Gasteiger partial charge < -0.3 is 42.3 Å². The van der Waals surface area contributed by atoms with Gasteiger partial charge in [0.25, 0.3) is 0 Å². The van der Waals surface area contributed by atoms with Gasteiger partial charge >= 0.3 is 35.8 Å². The van der Waals surface area contributed by atoms with Crippen LogP contribution in [0.4, 0.5) is 0 Å². The lowest BCUT2D eigenvalue weighted by Crippen LogP contribution is -2.47. The zero-order chi connectivity index (χ0) is 39.1. The molecular formula is C36H36O17. The molecule has 53 heavy (non-hydrogen) atoms. The van der Waals surface area contributed by atoms with Gasteiger partial charge in [0.2, 0.25) is 12.4 Å². The highest BCUT2D eigenvalue weighted by Gasteiger charge is 2.54. The Balaban J connectivity index is 1.83. The summed E-state index contributed by atoms with van der Waals surface area (Å²) in [5, 5.41) is 0.0314. The summed E-state index contributed by atoms with van der Waals surface area (Å²) in [7, 11) is 0. The van der Waals surface area contributed by atoms with Gasteiger partial charge in [-0.05, 0) is 36.8 Å². The van der Waals surface area contributed by atoms with Crippen LogP contribution in [0.2, 0.25) is 0 Å². The smallest absolute Gasteiger partial charge is 0.308 e. The fourth-order valence-electron chi connectivity index (χ4n) is 5.53. The number of esters is 6. The lowest BCUT2D eigenvalue weighted by Gasteiger charge is -2.27. The molecule has 17 nitrogen and oxygen atoms in total. The van der Waals surface area contributed by atoms with Crippen molar-refractivity contribution in [3.8, 4) is 28.6 Å². The number of carbonyl (C=O) groups is 7. The molecule has 3 aromatic rings. The molecule has 0 saturated carbocycles. The summed E-state index contributed by atoms with van der Waals surface area (Å²) in [6.45, 7) is 7.47. The third-order valence-electron chi connectivity index (χ3n) is 7.26. The predicted molar refractivity (Wildman–Crippen MR) is 178 cm³/mol. The quantitative estimate of drug-likeness (QED) is 0.140. The number of hydrogen-bond donors (Lipinski definition) is 0. The van der Waals surface area contributed by atoms with Crippen LogP contribution in [-0.2, 0) is 63.7 Å². The van der Waals surface area contributed by atoms with Crippen molar-refractivity contribution >= 4 is 52.6 Å². The minimum Gasteiger partial charge on any atom is -0.462 e. The summed E-state index contributed by atoms with van der Waals surface area (Å²) < 4.78 is 49.9. The highest BCUT2D eigenvalue weighted by molar-refractivity contribution is 5.89. The molecule has 1 aromatic heterocycles. The predicted octanol–water partition coefficient (Wildman–Crippen LogP) is 2.90. The maximum absolute atomic E-state index is 13.6. The molecule has 2 heterocycles. The van der Waals surface area contributed by atoms with Crippen LogP contribution in [0.3, 0.4) is 0 Å². The molecule has 0 spiro atoms. The minimum atomic E-state index is -1.57. The molecule has 1 aliphatic heterocycles. The van der Waals surface area contributed by atoms with Gasteiger partial charge in [0.05, 0.1) is 5.39 Å². The van der Waals surface area contributed by atoms with E-state index in [1.807, 2.05) is 0 Å². The molecule has 282 valence electrons. The van der Waals surface area contributed by atoms with Crippen molar-refractivity contribution in [3.05, 3.63) is 52.2 Å². The average Bonchev–Trinajstić information content (AvgIpc) is 3.33. The Morgan fingerprint density at radius 3 is 1.94 bits per heavy atom. The van der Waals surface area contributed by atoms with Crippen molar-refractivity contribution in [2.45, 2.75) is 85.6 Å². The fourth-order valence-corrected chi connectivity index (χ4v) is 5.53. The van der Waals surface area contributed by atoms with E-state index in [4.69, 9.17) is 42.3 Å². The molecule has 0 amide bonds. The van der Waals surface area contributed by atoms with Crippen LogP contribution in [-0.4, -0.2) is 78.9 Å². The first-order chi connectivity index (χ1) is 24.9. The van der Waals surface area contributed by atoms with E-state index in [-0.39, 0.29) is 57.3 Å². The highest BCUT2D eigenvalue weighted by atomic mass is 16.7. The average molecular weight is 741 g/mol. The van der Waals surface area contributed by atoms with Gasteiger partial charge in [0, 0.05) is 65.7 Å². The highest BCUT2D eigenvalue weighted by Crippen LogP contribution is 2.37. The largest absolute Gasteiger partial charge is 0.462 e. The summed E-state index contributed by atoms with van der Waals surface area (Å²) in [5.41, 5.74) is -0.191. The van der Waals surface area contributed by atoms with Crippen molar-refractivity contribution in [2.75, 3.05) is 6.61 Å². The molecule has 4 rings (SSSR count). The first kappa shape index (κ1) is 39.7. The van der Waals surface area contributed by atoms with Crippen LogP contribution in [0.5, 0.6) is 17.2 Å². The summed E-state index contributed by atoms with van der Waals surface area (Å²) in [4.78, 5) is 97.3. The van der Waals surface area contributed by atoms with Crippen LogP contribution in [0.1, 0.15) is 54.0 Å². The number of fused-ring (bicyclic) bond motifs is 1. The molecule has 0 N–H and O–H groups in total. The molecule has 5 unspecified atom stereocenters. The molecule has 0 radical (unpaired) electrons. The number of ketones is 1. The van der Waals surface area contributed by atoms with Crippen LogP contribution in [0, 0.1) is 0 Å². The zero-order valence-corrected chi connectivity index (χ0v) is 29.7.